The fourth-order valence-electron chi connectivity index (χ4n) is 5.39. The number of carbonyl (C=O) groups is 3. The summed E-state index contributed by atoms with van der Waals surface area (Å²) < 4.78 is 5.33. The van der Waals surface area contributed by atoms with Crippen molar-refractivity contribution in [1.29, 1.82) is 0 Å². The molecule has 3 saturated heterocycles. The van der Waals surface area contributed by atoms with Crippen LogP contribution in [0.2, 0.25) is 0 Å². The van der Waals surface area contributed by atoms with E-state index in [1.165, 1.54) is 17.8 Å². The number of hydrogen-bond donors (Lipinski definition) is 3. The van der Waals surface area contributed by atoms with Gasteiger partial charge in [-0.15, -0.1) is 0 Å². The van der Waals surface area contributed by atoms with Crippen molar-refractivity contribution in [2.45, 2.75) is 37.2 Å². The number of thioether (sulfide) groups is 1. The Labute approximate surface area is 202 Å². The Morgan fingerprint density at radius 2 is 2.15 bits per heavy atom. The average Bonchev–Trinajstić information content (AvgIpc) is 3.45. The first-order chi connectivity index (χ1) is 16.4. The summed E-state index contributed by atoms with van der Waals surface area (Å²) >= 11 is 1.48. The molecule has 0 saturated carbocycles. The van der Waals surface area contributed by atoms with E-state index in [2.05, 4.69) is 22.5 Å². The van der Waals surface area contributed by atoms with Crippen molar-refractivity contribution in [3.63, 3.8) is 0 Å². The number of aryl methyl sites for hydroxylation is 1. The second-order valence-corrected chi connectivity index (χ2v) is 10.2. The van der Waals surface area contributed by atoms with Gasteiger partial charge in [0.25, 0.3) is 5.91 Å². The van der Waals surface area contributed by atoms with Crippen molar-refractivity contribution in [3.8, 4) is 5.75 Å². The molecule has 4 heterocycles. The summed E-state index contributed by atoms with van der Waals surface area (Å²) in [5.41, 5.74) is 2.51. The van der Waals surface area contributed by atoms with E-state index in [0.717, 1.165) is 30.0 Å². The lowest BCUT2D eigenvalue weighted by atomic mass is 9.86. The number of nitrogens with zero attached hydrogens (tertiary/aromatic N) is 2. The third-order valence-corrected chi connectivity index (χ3v) is 8.38. The van der Waals surface area contributed by atoms with Gasteiger partial charge in [-0.25, -0.2) is 4.79 Å². The van der Waals surface area contributed by atoms with Gasteiger partial charge in [-0.2, -0.15) is 0 Å². The highest BCUT2D eigenvalue weighted by Gasteiger charge is 2.52. The van der Waals surface area contributed by atoms with E-state index in [9.17, 15) is 14.4 Å². The average molecular weight is 484 g/mol. The number of amides is 4. The van der Waals surface area contributed by atoms with Crippen LogP contribution >= 0.6 is 11.8 Å². The molecule has 4 aliphatic heterocycles. The van der Waals surface area contributed by atoms with Gasteiger partial charge in [0.15, 0.2) is 0 Å². The molecule has 180 valence electrons. The number of rotatable bonds is 5. The van der Waals surface area contributed by atoms with Crippen molar-refractivity contribution < 1.29 is 19.1 Å². The van der Waals surface area contributed by atoms with Gasteiger partial charge in [0.1, 0.15) is 5.75 Å². The molecule has 3 unspecified atom stereocenters. The standard InChI is InChI=1S/C24H29N5O4S/c1-4-18(30)28-10-8-14(12-28)26-22(31)21-20-19-17(7-9-25-23(19)34-21)29(24(32)27-20)16-6-5-15(33-3)11-13(16)2/h4-6,11,14,17,19,23,25H,1,7-10,12H2,2-3H3,(H,26,31)(H,27,32)/t14-,17?,19?,23?/m1/s1. The zero-order valence-corrected chi connectivity index (χ0v) is 20.1. The van der Waals surface area contributed by atoms with Gasteiger partial charge in [-0.1, -0.05) is 18.3 Å². The number of ether oxygens (including phenoxy) is 1. The van der Waals surface area contributed by atoms with Gasteiger partial charge < -0.3 is 25.6 Å². The zero-order chi connectivity index (χ0) is 24.0. The van der Waals surface area contributed by atoms with Crippen LogP contribution in [0.3, 0.4) is 0 Å². The number of hydrogen-bond acceptors (Lipinski definition) is 6. The van der Waals surface area contributed by atoms with Crippen LogP contribution in [0, 0.1) is 12.8 Å². The number of piperidine rings is 1. The zero-order valence-electron chi connectivity index (χ0n) is 19.3. The Morgan fingerprint density at radius 1 is 1.32 bits per heavy atom. The summed E-state index contributed by atoms with van der Waals surface area (Å²) in [6.07, 6.45) is 2.79. The first kappa shape index (κ1) is 22.8. The summed E-state index contributed by atoms with van der Waals surface area (Å²) in [5.74, 6) is 0.419. The maximum Gasteiger partial charge on any atom is 0.326 e. The molecule has 3 fully saturated rings. The number of nitrogens with one attached hydrogen (secondary N) is 3. The van der Waals surface area contributed by atoms with Gasteiger partial charge >= 0.3 is 6.03 Å². The van der Waals surface area contributed by atoms with Crippen LogP contribution in [0.4, 0.5) is 10.5 Å². The fraction of sp³-hybridized carbons (Fsp3) is 0.458. The first-order valence-corrected chi connectivity index (χ1v) is 12.4. The van der Waals surface area contributed by atoms with Crippen molar-refractivity contribution in [3.05, 3.63) is 47.0 Å². The minimum atomic E-state index is -0.221. The van der Waals surface area contributed by atoms with E-state index < -0.39 is 0 Å². The van der Waals surface area contributed by atoms with E-state index in [1.807, 2.05) is 30.0 Å². The number of urea groups is 1. The second kappa shape index (κ2) is 8.99. The van der Waals surface area contributed by atoms with Crippen LogP contribution in [0.25, 0.3) is 0 Å². The maximum absolute atomic E-state index is 13.3. The number of benzene rings is 1. The van der Waals surface area contributed by atoms with Crippen molar-refractivity contribution in [2.75, 3.05) is 31.6 Å². The molecule has 4 amide bonds. The minimum absolute atomic E-state index is 0.0126. The lowest BCUT2D eigenvalue weighted by Crippen LogP contribution is -2.62. The summed E-state index contributed by atoms with van der Waals surface area (Å²) in [6.45, 7) is 7.33. The molecule has 0 aromatic heterocycles. The van der Waals surface area contributed by atoms with Crippen LogP contribution in [-0.2, 0) is 9.59 Å². The minimum Gasteiger partial charge on any atom is -0.497 e. The Morgan fingerprint density at radius 3 is 2.88 bits per heavy atom. The van der Waals surface area contributed by atoms with E-state index in [4.69, 9.17) is 4.74 Å². The predicted molar refractivity (Wildman–Crippen MR) is 130 cm³/mol. The van der Waals surface area contributed by atoms with Crippen molar-refractivity contribution >= 4 is 35.3 Å². The van der Waals surface area contributed by atoms with Gasteiger partial charge in [0, 0.05) is 36.4 Å². The van der Waals surface area contributed by atoms with Crippen LogP contribution in [0.1, 0.15) is 18.4 Å². The first-order valence-electron chi connectivity index (χ1n) is 11.5. The van der Waals surface area contributed by atoms with Crippen LogP contribution < -0.4 is 25.6 Å². The highest BCUT2D eigenvalue weighted by atomic mass is 32.2. The third-order valence-electron chi connectivity index (χ3n) is 7.02. The number of likely N-dealkylation sites (tertiary alicyclic amines) is 1. The number of carbonyl (C=O) groups excluding carboxylic acids is 3. The van der Waals surface area contributed by atoms with Gasteiger partial charge in [-0.05, 0) is 56.1 Å². The molecule has 34 heavy (non-hydrogen) atoms. The molecular formula is C24H29N5O4S. The molecule has 1 aromatic rings. The highest BCUT2D eigenvalue weighted by molar-refractivity contribution is 8.04. The molecule has 4 atom stereocenters. The lowest BCUT2D eigenvalue weighted by molar-refractivity contribution is -0.125. The molecule has 0 bridgehead atoms. The molecular weight excluding hydrogens is 454 g/mol. The predicted octanol–water partition coefficient (Wildman–Crippen LogP) is 1.70. The van der Waals surface area contributed by atoms with Gasteiger partial charge in [0.2, 0.25) is 5.91 Å². The Balaban J connectivity index is 1.38. The fourth-order valence-corrected chi connectivity index (χ4v) is 6.78. The summed E-state index contributed by atoms with van der Waals surface area (Å²) in [4.78, 5) is 42.6. The molecule has 10 heteroatoms. The van der Waals surface area contributed by atoms with Crippen LogP contribution in [0.5, 0.6) is 5.75 Å². The SMILES string of the molecule is C=CC(=O)N1CC[C@@H](NC(=O)C2=C3NC(=O)N(c4ccc(OC)cc4C)C4CCNC(S2)C34)C1. The van der Waals surface area contributed by atoms with Crippen molar-refractivity contribution in [1.82, 2.24) is 20.9 Å². The smallest absolute Gasteiger partial charge is 0.326 e. The van der Waals surface area contributed by atoms with Crippen molar-refractivity contribution in [2.24, 2.45) is 5.92 Å². The molecule has 0 spiro atoms. The Hall–Kier alpha value is -2.98. The monoisotopic (exact) mass is 483 g/mol. The van der Waals surface area contributed by atoms with Crippen LogP contribution in [0.15, 0.2) is 41.5 Å². The Bertz CT molecular complexity index is 1090. The number of methoxy groups -OCH3 is 1. The molecule has 5 rings (SSSR count). The van der Waals surface area contributed by atoms with E-state index in [1.54, 1.807) is 12.0 Å². The third kappa shape index (κ3) is 3.84. The summed E-state index contributed by atoms with van der Waals surface area (Å²) in [6, 6.07) is 5.33. The second-order valence-electron chi connectivity index (χ2n) is 9.02. The molecule has 1 aromatic carbocycles. The summed E-state index contributed by atoms with van der Waals surface area (Å²) in [7, 11) is 1.62. The van der Waals surface area contributed by atoms with E-state index in [-0.39, 0.29) is 41.2 Å². The van der Waals surface area contributed by atoms with Crippen LogP contribution in [-0.4, -0.2) is 66.9 Å². The topological polar surface area (TPSA) is 103 Å². The lowest BCUT2D eigenvalue weighted by Gasteiger charge is -2.46. The summed E-state index contributed by atoms with van der Waals surface area (Å²) in [5, 5.41) is 9.64. The maximum atomic E-state index is 13.3. The largest absolute Gasteiger partial charge is 0.497 e. The molecule has 0 aliphatic carbocycles. The number of anilines is 1. The van der Waals surface area contributed by atoms with E-state index >= 15 is 0 Å². The molecule has 3 N–H and O–H groups in total. The highest BCUT2D eigenvalue weighted by Crippen LogP contribution is 2.48. The Kier molecular flexibility index (Phi) is 6.03. The van der Waals surface area contributed by atoms with E-state index in [0.29, 0.717) is 30.1 Å². The molecule has 4 aliphatic rings. The molecule has 9 nitrogen and oxygen atoms in total. The molecule has 0 radical (unpaired) electrons. The van der Waals surface area contributed by atoms with Gasteiger partial charge in [0.05, 0.1) is 23.4 Å². The quantitative estimate of drug-likeness (QED) is 0.551. The normalized spacial score (nSPS) is 27.9. The van der Waals surface area contributed by atoms with Gasteiger partial charge in [-0.3, -0.25) is 14.5 Å².